The molecule has 0 unspecified atom stereocenters. The van der Waals surface area contributed by atoms with Crippen LogP contribution >= 0.6 is 34.2 Å². The summed E-state index contributed by atoms with van der Waals surface area (Å²) in [6.45, 7) is 2.44. The van der Waals surface area contributed by atoms with Crippen LogP contribution in [0.4, 0.5) is 0 Å². The second kappa shape index (κ2) is 9.75. The SMILES string of the molecule is COc1ccc(/C=C2\N=C(c3cc(I)ccc3Cl)OC2=O)cc1OCc1ccc(C)cc1. The van der Waals surface area contributed by atoms with E-state index >= 15 is 0 Å². The zero-order valence-electron chi connectivity index (χ0n) is 17.4. The third-order valence-corrected chi connectivity index (χ3v) is 5.79. The van der Waals surface area contributed by atoms with Gasteiger partial charge in [-0.15, -0.1) is 0 Å². The molecule has 0 N–H and O–H groups in total. The van der Waals surface area contributed by atoms with Gasteiger partial charge in [0.1, 0.15) is 6.61 Å². The fraction of sp³-hybridized carbons (Fsp3) is 0.120. The van der Waals surface area contributed by atoms with E-state index < -0.39 is 5.97 Å². The van der Waals surface area contributed by atoms with Crippen molar-refractivity contribution in [1.82, 2.24) is 0 Å². The van der Waals surface area contributed by atoms with Crippen molar-refractivity contribution >= 4 is 52.1 Å². The van der Waals surface area contributed by atoms with Gasteiger partial charge in [0.25, 0.3) is 0 Å². The predicted octanol–water partition coefficient (Wildman–Crippen LogP) is 6.19. The van der Waals surface area contributed by atoms with Crippen molar-refractivity contribution in [3.63, 3.8) is 0 Å². The first-order valence-electron chi connectivity index (χ1n) is 9.77. The van der Waals surface area contributed by atoms with Gasteiger partial charge in [0.05, 0.1) is 17.7 Å². The van der Waals surface area contributed by atoms with Crippen LogP contribution in [0.25, 0.3) is 6.08 Å². The number of hydrogen-bond acceptors (Lipinski definition) is 5. The molecule has 32 heavy (non-hydrogen) atoms. The van der Waals surface area contributed by atoms with Gasteiger partial charge in [0.15, 0.2) is 17.2 Å². The maximum atomic E-state index is 12.4. The Balaban J connectivity index is 1.59. The first-order valence-corrected chi connectivity index (χ1v) is 11.2. The molecule has 0 atom stereocenters. The summed E-state index contributed by atoms with van der Waals surface area (Å²) in [6.07, 6.45) is 1.65. The van der Waals surface area contributed by atoms with Crippen LogP contribution in [0, 0.1) is 10.5 Å². The predicted molar refractivity (Wildman–Crippen MR) is 133 cm³/mol. The van der Waals surface area contributed by atoms with E-state index in [0.717, 1.165) is 14.7 Å². The number of ether oxygens (including phenoxy) is 3. The maximum Gasteiger partial charge on any atom is 0.363 e. The summed E-state index contributed by atoms with van der Waals surface area (Å²) in [4.78, 5) is 16.8. The van der Waals surface area contributed by atoms with Crippen LogP contribution in [0.15, 0.2) is 71.4 Å². The lowest BCUT2D eigenvalue weighted by Gasteiger charge is -2.12. The minimum absolute atomic E-state index is 0.185. The van der Waals surface area contributed by atoms with Gasteiger partial charge in [-0.25, -0.2) is 9.79 Å². The lowest BCUT2D eigenvalue weighted by molar-refractivity contribution is -0.129. The highest BCUT2D eigenvalue weighted by molar-refractivity contribution is 14.1. The van der Waals surface area contributed by atoms with Gasteiger partial charge in [-0.1, -0.05) is 47.5 Å². The quantitative estimate of drug-likeness (QED) is 0.205. The van der Waals surface area contributed by atoms with Crippen molar-refractivity contribution in [3.05, 3.63) is 97.2 Å². The highest BCUT2D eigenvalue weighted by Crippen LogP contribution is 2.31. The largest absolute Gasteiger partial charge is 0.493 e. The molecule has 0 fully saturated rings. The number of esters is 1. The van der Waals surface area contributed by atoms with Crippen LogP contribution in [0.1, 0.15) is 22.3 Å². The summed E-state index contributed by atoms with van der Waals surface area (Å²) in [6, 6.07) is 19.0. The molecule has 162 valence electrons. The number of aryl methyl sites for hydroxylation is 1. The van der Waals surface area contributed by atoms with Gasteiger partial charge in [0, 0.05) is 3.57 Å². The maximum absolute atomic E-state index is 12.4. The summed E-state index contributed by atoms with van der Waals surface area (Å²) in [5, 5.41) is 0.467. The van der Waals surface area contributed by atoms with Crippen LogP contribution in [0.5, 0.6) is 11.5 Å². The van der Waals surface area contributed by atoms with Crippen molar-refractivity contribution in [3.8, 4) is 11.5 Å². The number of cyclic esters (lactones) is 1. The fourth-order valence-electron chi connectivity index (χ4n) is 3.08. The Bertz CT molecular complexity index is 1240. The second-order valence-corrected chi connectivity index (χ2v) is 8.80. The van der Waals surface area contributed by atoms with Crippen molar-refractivity contribution in [2.24, 2.45) is 4.99 Å². The van der Waals surface area contributed by atoms with Gasteiger partial charge < -0.3 is 14.2 Å². The lowest BCUT2D eigenvalue weighted by Crippen LogP contribution is -2.06. The zero-order valence-corrected chi connectivity index (χ0v) is 20.3. The molecule has 0 saturated heterocycles. The van der Waals surface area contributed by atoms with Crippen LogP contribution in [0.3, 0.4) is 0 Å². The van der Waals surface area contributed by atoms with Crippen molar-refractivity contribution in [1.29, 1.82) is 0 Å². The molecule has 0 spiro atoms. The summed E-state index contributed by atoms with van der Waals surface area (Å²) in [7, 11) is 1.59. The van der Waals surface area contributed by atoms with Gasteiger partial charge in [-0.3, -0.25) is 0 Å². The highest BCUT2D eigenvalue weighted by atomic mass is 127. The molecule has 3 aromatic rings. The molecule has 4 rings (SSSR count). The number of halogens is 2. The van der Waals surface area contributed by atoms with E-state index in [1.165, 1.54) is 5.56 Å². The number of hydrogen-bond donors (Lipinski definition) is 0. The van der Waals surface area contributed by atoms with Crippen molar-refractivity contribution < 1.29 is 19.0 Å². The minimum Gasteiger partial charge on any atom is -0.493 e. The molecule has 1 heterocycles. The number of rotatable bonds is 6. The molecule has 3 aromatic carbocycles. The monoisotopic (exact) mass is 559 g/mol. The minimum atomic E-state index is -0.534. The molecule has 1 aliphatic rings. The highest BCUT2D eigenvalue weighted by Gasteiger charge is 2.26. The van der Waals surface area contributed by atoms with Crippen LogP contribution in [-0.2, 0) is 16.1 Å². The van der Waals surface area contributed by atoms with E-state index in [0.29, 0.717) is 28.7 Å². The first-order chi connectivity index (χ1) is 15.4. The average Bonchev–Trinajstić information content (AvgIpc) is 3.15. The molecule has 0 aromatic heterocycles. The number of carbonyl (C=O) groups is 1. The summed E-state index contributed by atoms with van der Waals surface area (Å²) < 4.78 is 17.7. The Kier molecular flexibility index (Phi) is 6.81. The second-order valence-electron chi connectivity index (χ2n) is 7.14. The lowest BCUT2D eigenvalue weighted by atomic mass is 10.1. The van der Waals surface area contributed by atoms with Crippen LogP contribution < -0.4 is 9.47 Å². The topological polar surface area (TPSA) is 57.1 Å². The molecule has 0 radical (unpaired) electrons. The third kappa shape index (κ3) is 5.14. The molecule has 0 saturated carbocycles. The van der Waals surface area contributed by atoms with Gasteiger partial charge in [0.2, 0.25) is 5.90 Å². The van der Waals surface area contributed by atoms with Gasteiger partial charge in [-0.2, -0.15) is 0 Å². The number of carbonyl (C=O) groups excluding carboxylic acids is 1. The Morgan fingerprint density at radius 2 is 1.84 bits per heavy atom. The molecular weight excluding hydrogens is 541 g/mol. The first kappa shape index (κ1) is 22.4. The third-order valence-electron chi connectivity index (χ3n) is 4.79. The van der Waals surface area contributed by atoms with Gasteiger partial charge >= 0.3 is 5.97 Å². The Morgan fingerprint density at radius 3 is 2.59 bits per heavy atom. The molecule has 7 heteroatoms. The summed E-state index contributed by atoms with van der Waals surface area (Å²) >= 11 is 8.42. The number of methoxy groups -OCH3 is 1. The van der Waals surface area contributed by atoms with Crippen molar-refractivity contribution in [2.75, 3.05) is 7.11 Å². The van der Waals surface area contributed by atoms with E-state index in [-0.39, 0.29) is 11.6 Å². The number of benzene rings is 3. The fourth-order valence-corrected chi connectivity index (χ4v) is 3.77. The van der Waals surface area contributed by atoms with Crippen LogP contribution in [-0.4, -0.2) is 19.0 Å². The van der Waals surface area contributed by atoms with Crippen molar-refractivity contribution in [2.45, 2.75) is 13.5 Å². The normalized spacial score (nSPS) is 14.3. The molecule has 0 bridgehead atoms. The van der Waals surface area contributed by atoms with E-state index in [9.17, 15) is 4.79 Å². The van der Waals surface area contributed by atoms with Crippen LogP contribution in [0.2, 0.25) is 5.02 Å². The molecule has 1 aliphatic heterocycles. The Hall–Kier alpha value is -2.84. The summed E-state index contributed by atoms with van der Waals surface area (Å²) in [5.41, 5.74) is 3.73. The summed E-state index contributed by atoms with van der Waals surface area (Å²) in [5.74, 6) is 0.823. The Morgan fingerprint density at radius 1 is 1.06 bits per heavy atom. The average molecular weight is 560 g/mol. The molecule has 0 amide bonds. The Labute approximate surface area is 204 Å². The molecule has 0 aliphatic carbocycles. The van der Waals surface area contributed by atoms with E-state index in [1.54, 1.807) is 31.4 Å². The smallest absolute Gasteiger partial charge is 0.363 e. The number of aliphatic imine (C=N–C) groups is 1. The van der Waals surface area contributed by atoms with E-state index in [2.05, 4.69) is 27.6 Å². The standard InChI is InChI=1S/C25H19ClINO4/c1-15-3-5-16(6-4-15)14-31-23-12-17(7-10-22(23)30-2)11-21-25(29)32-24(28-21)19-13-18(27)8-9-20(19)26/h3-13H,14H2,1-2H3/b21-11-. The molecular formula is C25H19ClINO4. The number of nitrogens with zero attached hydrogens (tertiary/aromatic N) is 1. The van der Waals surface area contributed by atoms with E-state index in [4.69, 9.17) is 25.8 Å². The zero-order chi connectivity index (χ0) is 22.7. The molecule has 5 nitrogen and oxygen atoms in total. The van der Waals surface area contributed by atoms with E-state index in [1.807, 2.05) is 49.4 Å². The van der Waals surface area contributed by atoms with Gasteiger partial charge in [-0.05, 0) is 77.0 Å².